The van der Waals surface area contributed by atoms with E-state index in [1.54, 1.807) is 0 Å². The van der Waals surface area contributed by atoms with E-state index in [1.165, 1.54) is 32.7 Å². The second kappa shape index (κ2) is 12.6. The van der Waals surface area contributed by atoms with Crippen LogP contribution in [-0.4, -0.2) is 25.9 Å². The number of benzene rings is 4. The van der Waals surface area contributed by atoms with Gasteiger partial charge in [0, 0.05) is 0 Å². The normalized spacial score (nSPS) is 11.1. The molecule has 0 spiro atoms. The first kappa shape index (κ1) is 29.2. The molecule has 11 heteroatoms. The third kappa shape index (κ3) is 8.85. The van der Waals surface area contributed by atoms with E-state index in [2.05, 4.69) is 88.6 Å². The molecule has 0 saturated heterocycles. The van der Waals surface area contributed by atoms with Crippen molar-refractivity contribution in [2.45, 2.75) is 6.42 Å². The van der Waals surface area contributed by atoms with Gasteiger partial charge in [-0.1, -0.05) is 84.9 Å². The fourth-order valence-corrected chi connectivity index (χ4v) is 4.02. The maximum Gasteiger partial charge on any atom is 1.00 e. The molecule has 4 aromatic carbocycles. The molecule has 4 rings (SSSR count). The van der Waals surface area contributed by atoms with Crippen molar-refractivity contribution >= 4 is 42.3 Å². The standard InChI is InChI=1S/C21H16.2Na.H2O7S2/c1-3-13-20-16(7-1)9-5-11-18(20)15-19-12-6-10-17-8-2-4-14-21(17)19;;;1-8(2,3)7-9(4,5)6/h1-14H,15H2;;;(H,1,2,3)(H,4,5,6)/q;2*+1;/p-2. The summed E-state index contributed by atoms with van der Waals surface area (Å²) in [4.78, 5) is 0. The Balaban J connectivity index is 0.000000405. The summed E-state index contributed by atoms with van der Waals surface area (Å²) in [6.45, 7) is 0. The third-order valence-corrected chi connectivity index (χ3v) is 5.64. The number of rotatable bonds is 4. The Kier molecular flexibility index (Phi) is 11.5. The second-order valence-electron chi connectivity index (χ2n) is 6.34. The molecule has 0 amide bonds. The molecule has 0 fully saturated rings. The van der Waals surface area contributed by atoms with E-state index < -0.39 is 20.8 Å². The zero-order valence-electron chi connectivity index (χ0n) is 17.5. The van der Waals surface area contributed by atoms with E-state index in [4.69, 9.17) is 0 Å². The summed E-state index contributed by atoms with van der Waals surface area (Å²) in [6.07, 6.45) is 0.975. The van der Waals surface area contributed by atoms with Gasteiger partial charge in [0.2, 0.25) is 20.8 Å². The van der Waals surface area contributed by atoms with Crippen LogP contribution in [-0.2, 0) is 30.8 Å². The van der Waals surface area contributed by atoms with Crippen LogP contribution in [0.4, 0.5) is 0 Å². The summed E-state index contributed by atoms with van der Waals surface area (Å²) in [6, 6.07) is 30.4. The van der Waals surface area contributed by atoms with Crippen LogP contribution < -0.4 is 59.1 Å². The molecule has 0 aliphatic carbocycles. The molecule has 0 N–H and O–H groups in total. The molecule has 0 aliphatic rings. The van der Waals surface area contributed by atoms with Crippen LogP contribution in [0.1, 0.15) is 11.1 Å². The van der Waals surface area contributed by atoms with Crippen molar-refractivity contribution in [3.63, 3.8) is 0 Å². The largest absolute Gasteiger partial charge is 1.00 e. The van der Waals surface area contributed by atoms with E-state index >= 15 is 0 Å². The maximum atomic E-state index is 9.29. The second-order valence-corrected chi connectivity index (χ2v) is 8.52. The topological polar surface area (TPSA) is 124 Å². The van der Waals surface area contributed by atoms with Gasteiger partial charge in [0.05, 0.1) is 0 Å². The Labute approximate surface area is 231 Å². The Bertz CT molecular complexity index is 1290. The molecule has 0 heterocycles. The summed E-state index contributed by atoms with van der Waals surface area (Å²) in [5.41, 5.74) is 2.79. The fourth-order valence-electron chi connectivity index (χ4n) is 3.20. The van der Waals surface area contributed by atoms with Crippen LogP contribution in [0, 0.1) is 0 Å². The molecule has 0 bridgehead atoms. The van der Waals surface area contributed by atoms with Gasteiger partial charge in [-0.25, -0.2) is 16.8 Å². The molecular weight excluding hydrogens is 474 g/mol. The van der Waals surface area contributed by atoms with Crippen molar-refractivity contribution < 1.29 is 88.7 Å². The van der Waals surface area contributed by atoms with Crippen LogP contribution in [0.15, 0.2) is 84.9 Å². The third-order valence-electron chi connectivity index (χ3n) is 4.31. The monoisotopic (exact) mass is 490 g/mol. The summed E-state index contributed by atoms with van der Waals surface area (Å²) in [5, 5.41) is 5.34. The minimum Gasteiger partial charge on any atom is -0.725 e. The molecule has 7 nitrogen and oxygen atoms in total. The van der Waals surface area contributed by atoms with Crippen LogP contribution in [0.25, 0.3) is 21.5 Å². The Morgan fingerprint density at radius 3 is 1.25 bits per heavy atom. The van der Waals surface area contributed by atoms with Gasteiger partial charge < -0.3 is 9.11 Å². The van der Waals surface area contributed by atoms with Gasteiger partial charge in [0.25, 0.3) is 0 Å². The predicted octanol–water partition coefficient (Wildman–Crippen LogP) is -2.48. The number of hydrogen-bond donors (Lipinski definition) is 0. The van der Waals surface area contributed by atoms with Gasteiger partial charge in [0.15, 0.2) is 0 Å². The van der Waals surface area contributed by atoms with Crippen molar-refractivity contribution in [2.24, 2.45) is 0 Å². The van der Waals surface area contributed by atoms with Gasteiger partial charge in [-0.15, -0.1) is 0 Å². The first-order valence-corrected chi connectivity index (χ1v) is 11.3. The number of hydrogen-bond acceptors (Lipinski definition) is 7. The van der Waals surface area contributed by atoms with E-state index in [0.717, 1.165) is 6.42 Å². The van der Waals surface area contributed by atoms with E-state index in [-0.39, 0.29) is 59.1 Å². The van der Waals surface area contributed by atoms with Crippen LogP contribution in [0.5, 0.6) is 0 Å². The minimum atomic E-state index is -5.43. The number of fused-ring (bicyclic) bond motifs is 2. The SMILES string of the molecule is O=S(=O)([O-])OS(=O)(=O)[O-].[Na+].[Na+].c1ccc2c(Cc3cccc4ccccc34)cccc2c1. The summed E-state index contributed by atoms with van der Waals surface area (Å²) < 4.78 is 58.2. The zero-order chi connectivity index (χ0) is 21.8. The summed E-state index contributed by atoms with van der Waals surface area (Å²) >= 11 is 0. The minimum absolute atomic E-state index is 0. The van der Waals surface area contributed by atoms with Crippen molar-refractivity contribution in [3.8, 4) is 0 Å². The molecule has 156 valence electrons. The van der Waals surface area contributed by atoms with Gasteiger partial charge in [-0.3, -0.25) is 0 Å². The molecule has 0 radical (unpaired) electrons. The van der Waals surface area contributed by atoms with Gasteiger partial charge in [0.1, 0.15) is 0 Å². The zero-order valence-corrected chi connectivity index (χ0v) is 23.1. The maximum absolute atomic E-state index is 9.29. The fraction of sp³-hybridized carbons (Fsp3) is 0.0476. The van der Waals surface area contributed by atoms with Crippen molar-refractivity contribution in [1.82, 2.24) is 0 Å². The molecular formula is C21H16Na2O7S2. The Hall–Kier alpha value is -0.820. The molecule has 0 aliphatic heterocycles. The molecule has 32 heavy (non-hydrogen) atoms. The van der Waals surface area contributed by atoms with E-state index in [0.29, 0.717) is 0 Å². The predicted molar refractivity (Wildman–Crippen MR) is 111 cm³/mol. The Morgan fingerprint density at radius 1 is 0.562 bits per heavy atom. The molecule has 4 aromatic rings. The Morgan fingerprint density at radius 2 is 0.906 bits per heavy atom. The van der Waals surface area contributed by atoms with Crippen molar-refractivity contribution in [2.75, 3.05) is 0 Å². The molecule has 0 saturated carbocycles. The quantitative estimate of drug-likeness (QED) is 0.176. The molecule has 0 atom stereocenters. The van der Waals surface area contributed by atoms with Crippen LogP contribution in [0.3, 0.4) is 0 Å². The van der Waals surface area contributed by atoms with Crippen LogP contribution >= 0.6 is 0 Å². The summed E-state index contributed by atoms with van der Waals surface area (Å²) in [5.74, 6) is 0. The van der Waals surface area contributed by atoms with E-state index in [1.807, 2.05) is 0 Å². The molecule has 0 aromatic heterocycles. The van der Waals surface area contributed by atoms with Gasteiger partial charge >= 0.3 is 59.1 Å². The van der Waals surface area contributed by atoms with Gasteiger partial charge in [-0.2, -0.15) is 3.63 Å². The van der Waals surface area contributed by atoms with Crippen molar-refractivity contribution in [1.29, 1.82) is 0 Å². The molecule has 0 unspecified atom stereocenters. The van der Waals surface area contributed by atoms with Crippen LogP contribution in [0.2, 0.25) is 0 Å². The smallest absolute Gasteiger partial charge is 0.725 e. The first-order chi connectivity index (χ1) is 14.1. The first-order valence-electron chi connectivity index (χ1n) is 8.68. The average Bonchev–Trinajstić information content (AvgIpc) is 2.66. The average molecular weight is 490 g/mol. The van der Waals surface area contributed by atoms with E-state index in [9.17, 15) is 25.9 Å². The summed E-state index contributed by atoms with van der Waals surface area (Å²) in [7, 11) is -10.9. The van der Waals surface area contributed by atoms with Gasteiger partial charge in [-0.05, 0) is 39.1 Å². The van der Waals surface area contributed by atoms with Crippen molar-refractivity contribution in [3.05, 3.63) is 96.1 Å².